The molecule has 8 heteroatoms. The molecule has 1 saturated carbocycles. The summed E-state index contributed by atoms with van der Waals surface area (Å²) in [5.41, 5.74) is 0. The normalized spacial score (nSPS) is 24.3. The second-order valence-electron chi connectivity index (χ2n) is 7.90. The molecule has 1 aromatic rings. The number of aryl methyl sites for hydroxylation is 1. The number of urea groups is 1. The van der Waals surface area contributed by atoms with Crippen molar-refractivity contribution in [2.45, 2.75) is 51.5 Å². The lowest BCUT2D eigenvalue weighted by Gasteiger charge is -2.31. The Bertz CT molecular complexity index is 664. The highest BCUT2D eigenvalue weighted by atomic mass is 16.5. The maximum Gasteiger partial charge on any atom is 0.317 e. The third kappa shape index (κ3) is 3.99. The van der Waals surface area contributed by atoms with Gasteiger partial charge in [-0.2, -0.15) is 4.98 Å². The van der Waals surface area contributed by atoms with Crippen LogP contribution in [-0.2, 0) is 11.2 Å². The highest BCUT2D eigenvalue weighted by Gasteiger charge is 2.39. The average molecular weight is 361 g/mol. The SMILES string of the molecule is Cc1nc(CC2CCN(C(=O)NC[C@H]3CC(=O)N(C4CC4)C3)CC2)no1. The van der Waals surface area contributed by atoms with Crippen LogP contribution in [0.25, 0.3) is 0 Å². The van der Waals surface area contributed by atoms with Crippen molar-refractivity contribution in [1.29, 1.82) is 0 Å². The molecule has 2 aliphatic heterocycles. The van der Waals surface area contributed by atoms with Crippen LogP contribution in [0.2, 0.25) is 0 Å². The lowest BCUT2D eigenvalue weighted by atomic mass is 9.93. The fourth-order valence-corrected chi connectivity index (χ4v) is 4.05. The molecule has 142 valence electrons. The summed E-state index contributed by atoms with van der Waals surface area (Å²) in [6.45, 7) is 4.70. The van der Waals surface area contributed by atoms with E-state index in [1.807, 2.05) is 9.80 Å². The third-order valence-corrected chi connectivity index (χ3v) is 5.71. The Morgan fingerprint density at radius 2 is 2.00 bits per heavy atom. The number of aromatic nitrogens is 2. The molecule has 8 nitrogen and oxygen atoms in total. The number of carbonyl (C=O) groups is 2. The summed E-state index contributed by atoms with van der Waals surface area (Å²) in [5.74, 6) is 2.37. The maximum absolute atomic E-state index is 12.4. The van der Waals surface area contributed by atoms with Crippen LogP contribution in [0.4, 0.5) is 4.79 Å². The molecule has 0 spiro atoms. The number of carbonyl (C=O) groups excluding carboxylic acids is 2. The number of hydrogen-bond acceptors (Lipinski definition) is 5. The first-order valence-electron chi connectivity index (χ1n) is 9.70. The predicted octanol–water partition coefficient (Wildman–Crippen LogP) is 1.35. The highest BCUT2D eigenvalue weighted by Crippen LogP contribution is 2.32. The molecule has 0 unspecified atom stereocenters. The van der Waals surface area contributed by atoms with Crippen molar-refractivity contribution in [1.82, 2.24) is 25.3 Å². The Kier molecular flexibility index (Phi) is 4.82. The molecule has 3 heterocycles. The summed E-state index contributed by atoms with van der Waals surface area (Å²) in [7, 11) is 0. The molecule has 1 N–H and O–H groups in total. The molecular weight excluding hydrogens is 334 g/mol. The Hall–Kier alpha value is -2.12. The van der Waals surface area contributed by atoms with Gasteiger partial charge in [-0.05, 0) is 31.6 Å². The van der Waals surface area contributed by atoms with Crippen LogP contribution in [-0.4, -0.2) is 64.1 Å². The molecule has 3 fully saturated rings. The second kappa shape index (κ2) is 7.25. The molecular formula is C18H27N5O3. The molecule has 0 aromatic carbocycles. The van der Waals surface area contributed by atoms with Gasteiger partial charge >= 0.3 is 6.03 Å². The van der Waals surface area contributed by atoms with Crippen molar-refractivity contribution in [2.75, 3.05) is 26.2 Å². The number of amides is 3. The molecule has 1 atom stereocenters. The van der Waals surface area contributed by atoms with Gasteiger partial charge in [-0.1, -0.05) is 5.16 Å². The van der Waals surface area contributed by atoms with E-state index in [1.165, 1.54) is 0 Å². The van der Waals surface area contributed by atoms with E-state index in [0.29, 0.717) is 30.8 Å². The fourth-order valence-electron chi connectivity index (χ4n) is 4.05. The summed E-state index contributed by atoms with van der Waals surface area (Å²) < 4.78 is 5.02. The monoisotopic (exact) mass is 361 g/mol. The topological polar surface area (TPSA) is 91.6 Å². The molecule has 0 radical (unpaired) electrons. The van der Waals surface area contributed by atoms with E-state index in [0.717, 1.165) is 57.6 Å². The fraction of sp³-hybridized carbons (Fsp3) is 0.778. The molecule has 3 aliphatic rings. The number of nitrogens with one attached hydrogen (secondary N) is 1. The molecule has 4 rings (SSSR count). The van der Waals surface area contributed by atoms with E-state index in [-0.39, 0.29) is 17.9 Å². The van der Waals surface area contributed by atoms with Gasteiger partial charge in [0.15, 0.2) is 5.82 Å². The third-order valence-electron chi connectivity index (χ3n) is 5.71. The molecule has 1 aliphatic carbocycles. The molecule has 26 heavy (non-hydrogen) atoms. The van der Waals surface area contributed by atoms with Crippen LogP contribution >= 0.6 is 0 Å². The summed E-state index contributed by atoms with van der Waals surface area (Å²) in [6, 6.07) is 0.474. The van der Waals surface area contributed by atoms with Crippen molar-refractivity contribution in [3.05, 3.63) is 11.7 Å². The lowest BCUT2D eigenvalue weighted by molar-refractivity contribution is -0.128. The van der Waals surface area contributed by atoms with Crippen LogP contribution in [0, 0.1) is 18.8 Å². The van der Waals surface area contributed by atoms with Crippen LogP contribution in [0.1, 0.15) is 43.8 Å². The van der Waals surface area contributed by atoms with E-state index < -0.39 is 0 Å². The first-order chi connectivity index (χ1) is 12.6. The van der Waals surface area contributed by atoms with E-state index in [1.54, 1.807) is 6.92 Å². The minimum atomic E-state index is -0.00354. The number of nitrogens with zero attached hydrogens (tertiary/aromatic N) is 4. The largest absolute Gasteiger partial charge is 0.340 e. The first-order valence-corrected chi connectivity index (χ1v) is 9.70. The van der Waals surface area contributed by atoms with Crippen molar-refractivity contribution < 1.29 is 14.1 Å². The van der Waals surface area contributed by atoms with E-state index >= 15 is 0 Å². The van der Waals surface area contributed by atoms with Crippen LogP contribution in [0.3, 0.4) is 0 Å². The minimum Gasteiger partial charge on any atom is -0.340 e. The van der Waals surface area contributed by atoms with Crippen LogP contribution in [0.5, 0.6) is 0 Å². The van der Waals surface area contributed by atoms with Crippen molar-refractivity contribution in [3.8, 4) is 0 Å². The van der Waals surface area contributed by atoms with Gasteiger partial charge in [0.2, 0.25) is 11.8 Å². The van der Waals surface area contributed by atoms with Gasteiger partial charge in [-0.15, -0.1) is 0 Å². The van der Waals surface area contributed by atoms with Crippen molar-refractivity contribution in [2.24, 2.45) is 11.8 Å². The van der Waals surface area contributed by atoms with Gasteiger partial charge in [0, 0.05) is 57.9 Å². The zero-order valence-corrected chi connectivity index (χ0v) is 15.3. The maximum atomic E-state index is 12.4. The molecule has 1 aromatic heterocycles. The summed E-state index contributed by atoms with van der Waals surface area (Å²) in [6.07, 6.45) is 5.58. The Labute approximate surface area is 153 Å². The van der Waals surface area contributed by atoms with Gasteiger partial charge in [0.25, 0.3) is 0 Å². The number of piperidine rings is 1. The zero-order chi connectivity index (χ0) is 18.1. The van der Waals surface area contributed by atoms with Gasteiger partial charge in [-0.3, -0.25) is 4.79 Å². The quantitative estimate of drug-likeness (QED) is 0.855. The van der Waals surface area contributed by atoms with E-state index in [9.17, 15) is 9.59 Å². The Morgan fingerprint density at radius 1 is 1.23 bits per heavy atom. The smallest absolute Gasteiger partial charge is 0.317 e. The van der Waals surface area contributed by atoms with Crippen LogP contribution in [0.15, 0.2) is 4.52 Å². The predicted molar refractivity (Wildman–Crippen MR) is 93.3 cm³/mol. The Balaban J connectivity index is 1.17. The summed E-state index contributed by atoms with van der Waals surface area (Å²) in [4.78, 5) is 32.5. The van der Waals surface area contributed by atoms with Crippen molar-refractivity contribution >= 4 is 11.9 Å². The molecule has 2 saturated heterocycles. The summed E-state index contributed by atoms with van der Waals surface area (Å²) >= 11 is 0. The minimum absolute atomic E-state index is 0.00354. The number of rotatable bonds is 5. The number of hydrogen-bond donors (Lipinski definition) is 1. The summed E-state index contributed by atoms with van der Waals surface area (Å²) in [5, 5.41) is 6.99. The second-order valence-corrected chi connectivity index (χ2v) is 7.90. The standard InChI is InChI=1S/C18H27N5O3/c1-12-20-16(21-26-12)8-13-4-6-22(7-5-13)18(25)19-10-14-9-17(24)23(11-14)15-2-3-15/h13-15H,2-11H2,1H3,(H,19,25)/t14-/m1/s1. The highest BCUT2D eigenvalue weighted by molar-refractivity contribution is 5.79. The molecule has 3 amide bonds. The number of likely N-dealkylation sites (tertiary alicyclic amines) is 2. The van der Waals surface area contributed by atoms with Gasteiger partial charge in [0.05, 0.1) is 0 Å². The van der Waals surface area contributed by atoms with Crippen molar-refractivity contribution in [3.63, 3.8) is 0 Å². The first kappa shape index (κ1) is 17.3. The van der Waals surface area contributed by atoms with Gasteiger partial charge in [0.1, 0.15) is 0 Å². The van der Waals surface area contributed by atoms with E-state index in [4.69, 9.17) is 4.52 Å². The average Bonchev–Trinajstić information content (AvgIpc) is 3.29. The van der Waals surface area contributed by atoms with Crippen LogP contribution < -0.4 is 5.32 Å². The van der Waals surface area contributed by atoms with Gasteiger partial charge < -0.3 is 19.6 Å². The van der Waals surface area contributed by atoms with E-state index in [2.05, 4.69) is 15.5 Å². The molecule has 0 bridgehead atoms. The zero-order valence-electron chi connectivity index (χ0n) is 15.3. The lowest BCUT2D eigenvalue weighted by Crippen LogP contribution is -2.46. The Morgan fingerprint density at radius 3 is 2.65 bits per heavy atom. The van der Waals surface area contributed by atoms with Gasteiger partial charge in [-0.25, -0.2) is 4.79 Å².